The third-order valence-corrected chi connectivity index (χ3v) is 17.9. The normalized spacial score (nSPS) is 13.2. The molecule has 12 aromatic rings. The Labute approximate surface area is 483 Å². The van der Waals surface area contributed by atoms with E-state index >= 15 is 0 Å². The van der Waals surface area contributed by atoms with E-state index in [-0.39, 0.29) is 0 Å². The Hall–Kier alpha value is -9.76. The molecule has 0 N–H and O–H groups in total. The first kappa shape index (κ1) is 50.5. The van der Waals surface area contributed by atoms with Crippen molar-refractivity contribution in [2.45, 2.75) is 52.4 Å². The second-order valence-corrected chi connectivity index (χ2v) is 22.7. The summed E-state index contributed by atoms with van der Waals surface area (Å²) in [4.78, 5) is 4.98. The lowest BCUT2D eigenvalue weighted by atomic mass is 9.67. The average Bonchev–Trinajstić information content (AvgIpc) is 2.96. The van der Waals surface area contributed by atoms with Crippen LogP contribution in [0, 0.1) is 41.5 Å². The van der Waals surface area contributed by atoms with Gasteiger partial charge in [-0.1, -0.05) is 218 Å². The second-order valence-electron chi connectivity index (χ2n) is 22.7. The molecule has 2 aliphatic rings. The Kier molecular flexibility index (Phi) is 12.4. The Bertz CT molecular complexity index is 3990. The van der Waals surface area contributed by atoms with E-state index in [0.29, 0.717) is 0 Å². The fraction of sp³-hybridized carbons (Fsp3) is 0.100. The zero-order chi connectivity index (χ0) is 55.7. The van der Waals surface area contributed by atoms with Crippen LogP contribution in [0.3, 0.4) is 0 Å². The SMILES string of the molecule is Cc1ccccc1N(c1cc(C)c(-c2c(C)cc(N(c3ccc4c(c3)C(c3ccccc3)(c3ccccc3)c3ccccc3-4)c3ccccc3C)cc2C)c(C)c1)c1ccc2c(c1)C(c1ccccc1)(c1ccccc1)c1ccccc1-2. The van der Waals surface area contributed by atoms with Crippen LogP contribution < -0.4 is 9.80 Å². The van der Waals surface area contributed by atoms with Gasteiger partial charge in [0.15, 0.2) is 0 Å². The molecule has 14 rings (SSSR count). The van der Waals surface area contributed by atoms with E-state index < -0.39 is 10.8 Å². The zero-order valence-electron chi connectivity index (χ0n) is 47.5. The van der Waals surface area contributed by atoms with Crippen LogP contribution in [-0.2, 0) is 10.8 Å². The Morgan fingerprint density at radius 1 is 0.220 bits per heavy atom. The summed E-state index contributed by atoms with van der Waals surface area (Å²) in [6.07, 6.45) is 0. The molecule has 0 aliphatic heterocycles. The molecule has 0 bridgehead atoms. The minimum Gasteiger partial charge on any atom is -0.310 e. The maximum Gasteiger partial charge on any atom is 0.0714 e. The molecule has 394 valence electrons. The summed E-state index contributed by atoms with van der Waals surface area (Å²) in [5.74, 6) is 0. The van der Waals surface area contributed by atoms with Crippen LogP contribution >= 0.6 is 0 Å². The first-order valence-electron chi connectivity index (χ1n) is 28.8. The molecule has 0 radical (unpaired) electrons. The Morgan fingerprint density at radius 3 is 0.829 bits per heavy atom. The fourth-order valence-electron chi connectivity index (χ4n) is 14.6. The summed E-state index contributed by atoms with van der Waals surface area (Å²) < 4.78 is 0. The summed E-state index contributed by atoms with van der Waals surface area (Å²) in [5.41, 5.74) is 31.0. The minimum absolute atomic E-state index is 0.519. The first-order valence-corrected chi connectivity index (χ1v) is 28.8. The smallest absolute Gasteiger partial charge is 0.0714 e. The van der Waals surface area contributed by atoms with E-state index in [9.17, 15) is 0 Å². The van der Waals surface area contributed by atoms with Crippen molar-refractivity contribution in [1.29, 1.82) is 0 Å². The number of aryl methyl sites for hydroxylation is 6. The summed E-state index contributed by atoms with van der Waals surface area (Å²) >= 11 is 0. The van der Waals surface area contributed by atoms with E-state index in [1.165, 1.54) is 111 Å². The molecule has 0 fully saturated rings. The van der Waals surface area contributed by atoms with Crippen molar-refractivity contribution in [2.75, 3.05) is 9.80 Å². The predicted molar refractivity (Wildman–Crippen MR) is 344 cm³/mol. The van der Waals surface area contributed by atoms with E-state index in [1.807, 2.05) is 0 Å². The van der Waals surface area contributed by atoms with E-state index in [4.69, 9.17) is 0 Å². The maximum absolute atomic E-state index is 2.49. The molecular formula is C80H64N2. The molecule has 0 heterocycles. The number of rotatable bonds is 11. The van der Waals surface area contributed by atoms with Crippen molar-refractivity contribution >= 4 is 34.1 Å². The summed E-state index contributed by atoms with van der Waals surface area (Å²) in [5, 5.41) is 0. The number of fused-ring (bicyclic) bond motifs is 6. The average molecular weight is 1050 g/mol. The van der Waals surface area contributed by atoms with E-state index in [2.05, 4.69) is 330 Å². The van der Waals surface area contributed by atoms with Crippen molar-refractivity contribution in [3.8, 4) is 33.4 Å². The van der Waals surface area contributed by atoms with Gasteiger partial charge in [-0.15, -0.1) is 0 Å². The largest absolute Gasteiger partial charge is 0.310 e. The lowest BCUT2D eigenvalue weighted by Gasteiger charge is -2.35. The topological polar surface area (TPSA) is 6.48 Å². The Balaban J connectivity index is 0.908. The van der Waals surface area contributed by atoms with Gasteiger partial charge in [0, 0.05) is 34.1 Å². The molecule has 0 unspecified atom stereocenters. The van der Waals surface area contributed by atoms with Crippen molar-refractivity contribution in [3.63, 3.8) is 0 Å². The third kappa shape index (κ3) is 7.77. The van der Waals surface area contributed by atoms with Gasteiger partial charge in [-0.3, -0.25) is 0 Å². The number of hydrogen-bond donors (Lipinski definition) is 0. The number of anilines is 6. The Morgan fingerprint density at radius 2 is 0.500 bits per heavy atom. The van der Waals surface area contributed by atoms with Crippen LogP contribution in [-0.4, -0.2) is 0 Å². The molecular weight excluding hydrogens is 989 g/mol. The van der Waals surface area contributed by atoms with Crippen LogP contribution in [0.15, 0.2) is 279 Å². The van der Waals surface area contributed by atoms with E-state index in [0.717, 1.165) is 34.1 Å². The molecule has 0 saturated carbocycles. The van der Waals surface area contributed by atoms with Crippen molar-refractivity contribution in [1.82, 2.24) is 0 Å². The van der Waals surface area contributed by atoms with Crippen molar-refractivity contribution < 1.29 is 0 Å². The van der Waals surface area contributed by atoms with E-state index in [1.54, 1.807) is 0 Å². The molecule has 2 aliphatic carbocycles. The van der Waals surface area contributed by atoms with Crippen LogP contribution in [0.25, 0.3) is 33.4 Å². The first-order chi connectivity index (χ1) is 40.2. The van der Waals surface area contributed by atoms with Crippen molar-refractivity contribution in [3.05, 3.63) is 357 Å². The molecule has 2 nitrogen and oxygen atoms in total. The minimum atomic E-state index is -0.519. The van der Waals surface area contributed by atoms with Gasteiger partial charge >= 0.3 is 0 Å². The van der Waals surface area contributed by atoms with Crippen molar-refractivity contribution in [2.24, 2.45) is 0 Å². The highest BCUT2D eigenvalue weighted by Gasteiger charge is 2.48. The number of nitrogens with zero attached hydrogens (tertiary/aromatic N) is 2. The van der Waals surface area contributed by atoms with Gasteiger partial charge in [0.2, 0.25) is 0 Å². The fourth-order valence-corrected chi connectivity index (χ4v) is 14.6. The maximum atomic E-state index is 2.49. The van der Waals surface area contributed by atoms with Gasteiger partial charge in [-0.05, 0) is 213 Å². The molecule has 0 atom stereocenters. The standard InChI is InChI=1S/C80H64N2/c1-53-27-19-25-41-75(53)81(63-43-45-69-67-37-21-23-39-71(67)79(73(69)51-63,59-29-11-7-12-30-59)60-31-13-8-14-32-60)65-47-55(3)77(56(4)48-65)78-57(5)49-66(50-58(78)6)82(76-42-26-20-28-54(76)2)64-44-46-70-68-38-22-24-40-72(68)80(74(70)52-64,61-33-15-9-16-34-61)62-35-17-10-18-36-62/h7-52H,1-6H3. The number of para-hydroxylation sites is 2. The zero-order valence-corrected chi connectivity index (χ0v) is 47.5. The van der Waals surface area contributed by atoms with Crippen LogP contribution in [0.1, 0.15) is 77.9 Å². The van der Waals surface area contributed by atoms with Gasteiger partial charge in [0.1, 0.15) is 0 Å². The molecule has 0 saturated heterocycles. The van der Waals surface area contributed by atoms with Gasteiger partial charge in [0.05, 0.1) is 10.8 Å². The predicted octanol–water partition coefficient (Wildman–Crippen LogP) is 20.9. The van der Waals surface area contributed by atoms with Crippen LogP contribution in [0.4, 0.5) is 34.1 Å². The van der Waals surface area contributed by atoms with Crippen LogP contribution in [0.5, 0.6) is 0 Å². The summed E-state index contributed by atoms with van der Waals surface area (Å²) in [6, 6.07) is 104. The lowest BCUT2D eigenvalue weighted by molar-refractivity contribution is 0.768. The van der Waals surface area contributed by atoms with Crippen LogP contribution in [0.2, 0.25) is 0 Å². The highest BCUT2D eigenvalue weighted by molar-refractivity contribution is 5.93. The molecule has 12 aromatic carbocycles. The molecule has 2 heteroatoms. The third-order valence-electron chi connectivity index (χ3n) is 17.9. The van der Waals surface area contributed by atoms with Gasteiger partial charge < -0.3 is 9.80 Å². The summed E-state index contributed by atoms with van der Waals surface area (Å²) in [7, 11) is 0. The molecule has 82 heavy (non-hydrogen) atoms. The quantitative estimate of drug-likeness (QED) is 0.127. The number of benzene rings is 12. The van der Waals surface area contributed by atoms with Gasteiger partial charge in [-0.25, -0.2) is 0 Å². The monoisotopic (exact) mass is 1050 g/mol. The summed E-state index contributed by atoms with van der Waals surface area (Å²) in [6.45, 7) is 13.7. The number of hydrogen-bond acceptors (Lipinski definition) is 2. The van der Waals surface area contributed by atoms with Gasteiger partial charge in [-0.2, -0.15) is 0 Å². The highest BCUT2D eigenvalue weighted by atomic mass is 15.2. The van der Waals surface area contributed by atoms with Gasteiger partial charge in [0.25, 0.3) is 0 Å². The lowest BCUT2D eigenvalue weighted by Crippen LogP contribution is -2.28. The second kappa shape index (κ2) is 20.1. The molecule has 0 spiro atoms. The molecule has 0 amide bonds. The highest BCUT2D eigenvalue weighted by Crippen LogP contribution is 2.59. The molecule has 0 aromatic heterocycles.